The van der Waals surface area contributed by atoms with Gasteiger partial charge in [-0.25, -0.2) is 0 Å². The Morgan fingerprint density at radius 1 is 1.14 bits per heavy atom. The normalized spacial score (nSPS) is 10.4. The molecule has 0 bridgehead atoms. The standard InChI is InChI=1S/C17H20N2OS/c1-3-19(12-14-6-4-5-7-16(14)18)17(20)13-8-10-15(21-2)11-9-13/h4-11H,3,12,18H2,1-2H3. The van der Waals surface area contributed by atoms with Gasteiger partial charge in [-0.2, -0.15) is 0 Å². The van der Waals surface area contributed by atoms with Crippen LogP contribution in [0.15, 0.2) is 53.4 Å². The van der Waals surface area contributed by atoms with Gasteiger partial charge in [0.1, 0.15) is 0 Å². The fraction of sp³-hybridized carbons (Fsp3) is 0.235. The first-order chi connectivity index (χ1) is 10.2. The van der Waals surface area contributed by atoms with Gasteiger partial charge in [0, 0.05) is 29.2 Å². The van der Waals surface area contributed by atoms with Crippen LogP contribution >= 0.6 is 11.8 Å². The quantitative estimate of drug-likeness (QED) is 0.677. The van der Waals surface area contributed by atoms with Crippen LogP contribution < -0.4 is 5.73 Å². The van der Waals surface area contributed by atoms with E-state index in [0.717, 1.165) is 16.1 Å². The lowest BCUT2D eigenvalue weighted by Crippen LogP contribution is -2.30. The summed E-state index contributed by atoms with van der Waals surface area (Å²) in [7, 11) is 0. The SMILES string of the molecule is CCN(Cc1ccccc1N)C(=O)c1ccc(SC)cc1. The van der Waals surface area contributed by atoms with Gasteiger partial charge in [-0.3, -0.25) is 4.79 Å². The van der Waals surface area contributed by atoms with Crippen molar-refractivity contribution in [1.29, 1.82) is 0 Å². The number of amides is 1. The maximum atomic E-state index is 12.6. The predicted octanol–water partition coefficient (Wildman–Crippen LogP) is 3.65. The molecule has 0 aromatic heterocycles. The lowest BCUT2D eigenvalue weighted by molar-refractivity contribution is 0.0753. The molecule has 0 aliphatic heterocycles. The van der Waals surface area contributed by atoms with Crippen molar-refractivity contribution in [2.75, 3.05) is 18.5 Å². The van der Waals surface area contributed by atoms with Gasteiger partial charge in [-0.15, -0.1) is 11.8 Å². The van der Waals surface area contributed by atoms with Gasteiger partial charge in [0.05, 0.1) is 0 Å². The number of para-hydroxylation sites is 1. The third-order valence-electron chi connectivity index (χ3n) is 3.42. The van der Waals surface area contributed by atoms with Crippen molar-refractivity contribution in [3.63, 3.8) is 0 Å². The Bertz CT molecular complexity index is 610. The second-order valence-electron chi connectivity index (χ2n) is 4.75. The van der Waals surface area contributed by atoms with Gasteiger partial charge in [-0.05, 0) is 49.1 Å². The van der Waals surface area contributed by atoms with Crippen molar-refractivity contribution in [1.82, 2.24) is 4.90 Å². The van der Waals surface area contributed by atoms with Gasteiger partial charge in [0.15, 0.2) is 0 Å². The average molecular weight is 300 g/mol. The number of carbonyl (C=O) groups is 1. The summed E-state index contributed by atoms with van der Waals surface area (Å²) in [6.45, 7) is 3.16. The molecule has 0 unspecified atom stereocenters. The molecule has 2 N–H and O–H groups in total. The predicted molar refractivity (Wildman–Crippen MR) is 89.5 cm³/mol. The van der Waals surface area contributed by atoms with Crippen LogP contribution in [0.4, 0.5) is 5.69 Å². The smallest absolute Gasteiger partial charge is 0.254 e. The molecular formula is C17H20N2OS. The highest BCUT2D eigenvalue weighted by Gasteiger charge is 2.15. The number of nitrogens with two attached hydrogens (primary N) is 1. The number of carbonyl (C=O) groups excluding carboxylic acids is 1. The minimum absolute atomic E-state index is 0.0356. The molecule has 0 aliphatic rings. The monoisotopic (exact) mass is 300 g/mol. The van der Waals surface area contributed by atoms with E-state index in [9.17, 15) is 4.79 Å². The summed E-state index contributed by atoms with van der Waals surface area (Å²) in [6.07, 6.45) is 2.02. The fourth-order valence-electron chi connectivity index (χ4n) is 2.13. The van der Waals surface area contributed by atoms with E-state index in [2.05, 4.69) is 0 Å². The number of thioether (sulfide) groups is 1. The second kappa shape index (κ2) is 7.18. The van der Waals surface area contributed by atoms with E-state index in [4.69, 9.17) is 5.73 Å². The molecule has 1 amide bonds. The van der Waals surface area contributed by atoms with Crippen molar-refractivity contribution in [2.24, 2.45) is 0 Å². The van der Waals surface area contributed by atoms with Crippen LogP contribution in [0.2, 0.25) is 0 Å². The molecule has 0 spiro atoms. The highest BCUT2D eigenvalue weighted by molar-refractivity contribution is 7.98. The summed E-state index contributed by atoms with van der Waals surface area (Å²) in [5.41, 5.74) is 8.38. The van der Waals surface area contributed by atoms with Crippen LogP contribution in [0.1, 0.15) is 22.8 Å². The third-order valence-corrected chi connectivity index (χ3v) is 4.17. The topological polar surface area (TPSA) is 46.3 Å². The maximum Gasteiger partial charge on any atom is 0.254 e. The zero-order valence-electron chi connectivity index (χ0n) is 12.4. The summed E-state index contributed by atoms with van der Waals surface area (Å²) in [6, 6.07) is 15.4. The number of benzene rings is 2. The largest absolute Gasteiger partial charge is 0.398 e. The molecule has 0 heterocycles. The van der Waals surface area contributed by atoms with E-state index in [1.165, 1.54) is 0 Å². The number of nitrogens with zero attached hydrogens (tertiary/aromatic N) is 1. The summed E-state index contributed by atoms with van der Waals surface area (Å²) in [5, 5.41) is 0. The van der Waals surface area contributed by atoms with Crippen molar-refractivity contribution >= 4 is 23.4 Å². The molecule has 0 saturated heterocycles. The average Bonchev–Trinajstić information content (AvgIpc) is 2.53. The maximum absolute atomic E-state index is 12.6. The molecule has 21 heavy (non-hydrogen) atoms. The van der Waals surface area contributed by atoms with Gasteiger partial charge >= 0.3 is 0 Å². The van der Waals surface area contributed by atoms with Gasteiger partial charge in [0.25, 0.3) is 5.91 Å². The van der Waals surface area contributed by atoms with Crippen molar-refractivity contribution < 1.29 is 4.79 Å². The summed E-state index contributed by atoms with van der Waals surface area (Å²) < 4.78 is 0. The molecule has 3 nitrogen and oxygen atoms in total. The first-order valence-electron chi connectivity index (χ1n) is 6.92. The van der Waals surface area contributed by atoms with Crippen LogP contribution in [-0.2, 0) is 6.54 Å². The zero-order chi connectivity index (χ0) is 15.2. The van der Waals surface area contributed by atoms with Crippen LogP contribution in [0.5, 0.6) is 0 Å². The third kappa shape index (κ3) is 3.79. The van der Waals surface area contributed by atoms with Crippen LogP contribution in [-0.4, -0.2) is 23.6 Å². The lowest BCUT2D eigenvalue weighted by atomic mass is 10.1. The molecule has 0 atom stereocenters. The van der Waals surface area contributed by atoms with E-state index in [0.29, 0.717) is 18.7 Å². The van der Waals surface area contributed by atoms with E-state index in [1.54, 1.807) is 16.7 Å². The Labute approximate surface area is 130 Å². The Balaban J connectivity index is 2.16. The number of anilines is 1. The molecule has 2 aromatic carbocycles. The number of rotatable bonds is 5. The molecule has 0 radical (unpaired) electrons. The Hall–Kier alpha value is -1.94. The minimum Gasteiger partial charge on any atom is -0.398 e. The van der Waals surface area contributed by atoms with Gasteiger partial charge in [0.2, 0.25) is 0 Å². The van der Waals surface area contributed by atoms with Crippen LogP contribution in [0.25, 0.3) is 0 Å². The fourth-order valence-corrected chi connectivity index (χ4v) is 2.54. The highest BCUT2D eigenvalue weighted by atomic mass is 32.2. The molecule has 110 valence electrons. The van der Waals surface area contributed by atoms with E-state index in [-0.39, 0.29) is 5.91 Å². The summed E-state index contributed by atoms with van der Waals surface area (Å²) in [4.78, 5) is 15.5. The van der Waals surface area contributed by atoms with Gasteiger partial charge in [-0.1, -0.05) is 18.2 Å². The molecular weight excluding hydrogens is 280 g/mol. The molecule has 0 fully saturated rings. The highest BCUT2D eigenvalue weighted by Crippen LogP contribution is 2.18. The van der Waals surface area contributed by atoms with Crippen LogP contribution in [0, 0.1) is 0 Å². The van der Waals surface area contributed by atoms with E-state index >= 15 is 0 Å². The van der Waals surface area contributed by atoms with E-state index in [1.807, 2.05) is 61.7 Å². The molecule has 0 saturated carbocycles. The second-order valence-corrected chi connectivity index (χ2v) is 5.63. The first kappa shape index (κ1) is 15.4. The summed E-state index contributed by atoms with van der Waals surface area (Å²) in [5.74, 6) is 0.0356. The van der Waals surface area contributed by atoms with Crippen molar-refractivity contribution in [2.45, 2.75) is 18.4 Å². The number of nitrogen functional groups attached to an aromatic ring is 1. The van der Waals surface area contributed by atoms with E-state index < -0.39 is 0 Å². The van der Waals surface area contributed by atoms with Crippen molar-refractivity contribution in [3.8, 4) is 0 Å². The molecule has 2 aromatic rings. The molecule has 2 rings (SSSR count). The number of hydrogen-bond acceptors (Lipinski definition) is 3. The molecule has 4 heteroatoms. The number of hydrogen-bond donors (Lipinski definition) is 1. The Morgan fingerprint density at radius 2 is 1.81 bits per heavy atom. The van der Waals surface area contributed by atoms with Crippen molar-refractivity contribution in [3.05, 3.63) is 59.7 Å². The Morgan fingerprint density at radius 3 is 2.38 bits per heavy atom. The van der Waals surface area contributed by atoms with Crippen LogP contribution in [0.3, 0.4) is 0 Å². The first-order valence-corrected chi connectivity index (χ1v) is 8.15. The summed E-state index contributed by atoms with van der Waals surface area (Å²) >= 11 is 1.67. The molecule has 0 aliphatic carbocycles. The zero-order valence-corrected chi connectivity index (χ0v) is 13.2. The minimum atomic E-state index is 0.0356. The lowest BCUT2D eigenvalue weighted by Gasteiger charge is -2.22. The van der Waals surface area contributed by atoms with Gasteiger partial charge < -0.3 is 10.6 Å². The Kier molecular flexibility index (Phi) is 5.28.